The maximum atomic E-state index is 11.4. The van der Waals surface area contributed by atoms with Crippen molar-refractivity contribution in [3.63, 3.8) is 0 Å². The molecule has 0 aromatic rings. The van der Waals surface area contributed by atoms with E-state index in [1.807, 2.05) is 0 Å². The molecule has 0 aromatic carbocycles. The maximum Gasteiger partial charge on any atom is 0.492 e. The van der Waals surface area contributed by atoms with Crippen molar-refractivity contribution >= 4 is 14.7 Å². The highest BCUT2D eigenvalue weighted by Gasteiger charge is 2.30. The average molecular weight is 231 g/mol. The molecule has 1 rings (SSSR count). The van der Waals surface area contributed by atoms with Gasteiger partial charge in [0.15, 0.2) is 0 Å². The molecule has 15 heavy (non-hydrogen) atoms. The number of rotatable bonds is 5. The third-order valence-electron chi connectivity index (χ3n) is 2.52. The highest BCUT2D eigenvalue weighted by Crippen LogP contribution is 2.19. The fraction of sp³-hybridized carbons (Fsp3) is 0.667. The van der Waals surface area contributed by atoms with Gasteiger partial charge in [-0.25, -0.2) is 0 Å². The molecule has 6 heteroatoms. The topological polar surface area (TPSA) is 81.0 Å². The number of carbonyl (C=O) groups excluding carboxylic acids is 1. The normalized spacial score (nSPS) is 22.2. The zero-order valence-electron chi connectivity index (χ0n) is 8.59. The molecule has 1 heterocycles. The van der Waals surface area contributed by atoms with Crippen molar-refractivity contribution in [2.45, 2.75) is 18.9 Å². The van der Waals surface area contributed by atoms with Crippen LogP contribution in [0, 0.1) is 5.92 Å². The summed E-state index contributed by atoms with van der Waals surface area (Å²) in [5.41, 5.74) is 0. The average Bonchev–Trinajstić information content (AvgIpc) is 2.45. The van der Waals surface area contributed by atoms with Crippen LogP contribution in [0.25, 0.3) is 0 Å². The van der Waals surface area contributed by atoms with E-state index in [-0.39, 0.29) is 17.9 Å². The molecule has 0 aromatic heterocycles. The first-order chi connectivity index (χ1) is 6.92. The van der Waals surface area contributed by atoms with E-state index >= 15 is 0 Å². The molecule has 5 nitrogen and oxygen atoms in total. The van der Waals surface area contributed by atoms with Gasteiger partial charge in [-0.1, -0.05) is 6.08 Å². The van der Waals surface area contributed by atoms with Gasteiger partial charge in [0.1, 0.15) is 0 Å². The lowest BCUT2D eigenvalue weighted by molar-refractivity contribution is -0.127. The molecule has 86 valence electrons. The zero-order valence-corrected chi connectivity index (χ0v) is 9.59. The molecule has 1 aliphatic rings. The molecule has 0 aliphatic carbocycles. The molecule has 1 atom stereocenters. The van der Waals surface area contributed by atoms with Crippen LogP contribution in [0.1, 0.15) is 12.8 Å². The maximum absolute atomic E-state index is 11.4. The molecule has 0 radical (unpaired) electrons. The summed E-state index contributed by atoms with van der Waals surface area (Å²) < 4.78 is 0. The van der Waals surface area contributed by atoms with E-state index in [9.17, 15) is 4.79 Å². The summed E-state index contributed by atoms with van der Waals surface area (Å²) in [5, 5.41) is 0. The molecule has 3 N–H and O–H groups in total. The lowest BCUT2D eigenvalue weighted by Crippen LogP contribution is -2.36. The van der Waals surface area contributed by atoms with Crippen LogP contribution in [0.2, 0.25) is 6.04 Å². The molecule has 1 amide bonds. The Hall–Kier alpha value is -0.693. The van der Waals surface area contributed by atoms with Gasteiger partial charge in [0.25, 0.3) is 0 Å². The van der Waals surface area contributed by atoms with Gasteiger partial charge in [0.2, 0.25) is 5.91 Å². The molecule has 0 spiro atoms. The molecule has 0 bridgehead atoms. The van der Waals surface area contributed by atoms with Crippen molar-refractivity contribution in [3.05, 3.63) is 12.7 Å². The van der Waals surface area contributed by atoms with Crippen molar-refractivity contribution in [1.82, 2.24) is 4.90 Å². The van der Waals surface area contributed by atoms with E-state index in [0.29, 0.717) is 25.9 Å². The number of hydrogen-bond donors (Lipinski definition) is 3. The standard InChI is InChI=1S/C9H17NO4Si/c1-2-8-6-9(11)10(7-8)4-3-5-15(12,13)14/h2,8,12-14H,1,3-7H2. The van der Waals surface area contributed by atoms with Crippen LogP contribution >= 0.6 is 0 Å². The van der Waals surface area contributed by atoms with Gasteiger partial charge in [-0.3, -0.25) is 4.79 Å². The van der Waals surface area contributed by atoms with E-state index in [4.69, 9.17) is 14.4 Å². The van der Waals surface area contributed by atoms with Crippen molar-refractivity contribution in [3.8, 4) is 0 Å². The van der Waals surface area contributed by atoms with Crippen molar-refractivity contribution in [2.24, 2.45) is 5.92 Å². The van der Waals surface area contributed by atoms with E-state index in [0.717, 1.165) is 0 Å². The van der Waals surface area contributed by atoms with Gasteiger partial charge in [0, 0.05) is 31.5 Å². The largest absolute Gasteiger partial charge is 0.492 e. The van der Waals surface area contributed by atoms with Gasteiger partial charge < -0.3 is 19.3 Å². The van der Waals surface area contributed by atoms with Gasteiger partial charge in [0.05, 0.1) is 0 Å². The number of likely N-dealkylation sites (tertiary alicyclic amines) is 1. The van der Waals surface area contributed by atoms with Crippen LogP contribution < -0.4 is 0 Å². The van der Waals surface area contributed by atoms with E-state index in [1.54, 1.807) is 11.0 Å². The van der Waals surface area contributed by atoms with Crippen LogP contribution in [-0.2, 0) is 4.79 Å². The third kappa shape index (κ3) is 4.13. The summed E-state index contributed by atoms with van der Waals surface area (Å²) in [7, 11) is -3.93. The number of nitrogens with zero attached hydrogens (tertiary/aromatic N) is 1. The molecule has 1 saturated heterocycles. The minimum Gasteiger partial charge on any atom is -0.390 e. The Bertz CT molecular complexity index is 251. The summed E-state index contributed by atoms with van der Waals surface area (Å²) in [6.45, 7) is 4.76. The van der Waals surface area contributed by atoms with E-state index in [1.165, 1.54) is 0 Å². The Morgan fingerprint density at radius 2 is 2.20 bits per heavy atom. The Morgan fingerprint density at radius 1 is 1.53 bits per heavy atom. The van der Waals surface area contributed by atoms with E-state index in [2.05, 4.69) is 6.58 Å². The second-order valence-corrected chi connectivity index (χ2v) is 5.97. The van der Waals surface area contributed by atoms with Crippen LogP contribution in [0.4, 0.5) is 0 Å². The summed E-state index contributed by atoms with van der Waals surface area (Å²) in [6, 6.07) is -0.0183. The van der Waals surface area contributed by atoms with Gasteiger partial charge in [-0.2, -0.15) is 0 Å². The minimum atomic E-state index is -3.93. The Balaban J connectivity index is 2.28. The first-order valence-electron chi connectivity index (χ1n) is 5.00. The molecule has 1 fully saturated rings. The van der Waals surface area contributed by atoms with Crippen molar-refractivity contribution < 1.29 is 19.2 Å². The summed E-state index contributed by atoms with van der Waals surface area (Å²) in [6.07, 6.45) is 2.68. The Morgan fingerprint density at radius 3 is 2.67 bits per heavy atom. The summed E-state index contributed by atoms with van der Waals surface area (Å²) >= 11 is 0. The van der Waals surface area contributed by atoms with Gasteiger partial charge in [-0.15, -0.1) is 6.58 Å². The lowest BCUT2D eigenvalue weighted by atomic mass is 10.1. The van der Waals surface area contributed by atoms with Crippen LogP contribution in [0.3, 0.4) is 0 Å². The van der Waals surface area contributed by atoms with Crippen LogP contribution in [0.15, 0.2) is 12.7 Å². The van der Waals surface area contributed by atoms with E-state index < -0.39 is 8.80 Å². The minimum absolute atomic E-state index is 0.0183. The Labute approximate surface area is 90.0 Å². The van der Waals surface area contributed by atoms with Crippen molar-refractivity contribution in [2.75, 3.05) is 13.1 Å². The molecular formula is C9H17NO4Si. The molecule has 1 aliphatic heterocycles. The highest BCUT2D eigenvalue weighted by molar-refractivity contribution is 6.56. The van der Waals surface area contributed by atoms with Gasteiger partial charge >= 0.3 is 8.80 Å². The number of hydrogen-bond acceptors (Lipinski definition) is 4. The predicted molar refractivity (Wildman–Crippen MR) is 56.7 cm³/mol. The first-order valence-corrected chi connectivity index (χ1v) is 7.04. The van der Waals surface area contributed by atoms with Crippen LogP contribution in [0.5, 0.6) is 0 Å². The third-order valence-corrected chi connectivity index (χ3v) is 3.54. The molecule has 0 saturated carbocycles. The number of carbonyl (C=O) groups is 1. The second-order valence-electron chi connectivity index (χ2n) is 3.92. The predicted octanol–water partition coefficient (Wildman–Crippen LogP) is -0.673. The lowest BCUT2D eigenvalue weighted by Gasteiger charge is -2.17. The first kappa shape index (κ1) is 12.4. The molecule has 1 unspecified atom stereocenters. The quantitative estimate of drug-likeness (QED) is 0.433. The smallest absolute Gasteiger partial charge is 0.390 e. The molecular weight excluding hydrogens is 214 g/mol. The van der Waals surface area contributed by atoms with Crippen molar-refractivity contribution in [1.29, 1.82) is 0 Å². The summed E-state index contributed by atoms with van der Waals surface area (Å²) in [4.78, 5) is 39.4. The summed E-state index contributed by atoms with van der Waals surface area (Å²) in [5.74, 6) is 0.276. The monoisotopic (exact) mass is 231 g/mol. The fourth-order valence-corrected chi connectivity index (χ4v) is 2.32. The number of amides is 1. The zero-order chi connectivity index (χ0) is 11.5. The second kappa shape index (κ2) is 4.89. The SMILES string of the molecule is C=CC1CC(=O)N(CCC[Si](O)(O)O)C1. The fourth-order valence-electron chi connectivity index (χ4n) is 1.68. The van der Waals surface area contributed by atoms with Gasteiger partial charge in [-0.05, 0) is 6.42 Å². The van der Waals surface area contributed by atoms with Crippen LogP contribution in [-0.4, -0.2) is 47.1 Å². The highest BCUT2D eigenvalue weighted by atomic mass is 28.4. The Kier molecular flexibility index (Phi) is 4.03.